The van der Waals surface area contributed by atoms with Crippen molar-refractivity contribution in [3.8, 4) is 12.3 Å². The van der Waals surface area contributed by atoms with Crippen LogP contribution in [0.2, 0.25) is 0 Å². The third-order valence-electron chi connectivity index (χ3n) is 3.40. The van der Waals surface area contributed by atoms with Crippen molar-refractivity contribution in [2.24, 2.45) is 4.99 Å². The summed E-state index contributed by atoms with van der Waals surface area (Å²) in [5, 5.41) is 5.88. The summed E-state index contributed by atoms with van der Waals surface area (Å²) in [7, 11) is 3.76. The fourth-order valence-electron chi connectivity index (χ4n) is 2.16. The Labute approximate surface area is 148 Å². The zero-order valence-corrected chi connectivity index (χ0v) is 14.5. The Balaban J connectivity index is 1.91. The first-order valence-electron chi connectivity index (χ1n) is 7.94. The molecule has 5 heteroatoms. The summed E-state index contributed by atoms with van der Waals surface area (Å²) in [6.45, 7) is 0.666. The van der Waals surface area contributed by atoms with Gasteiger partial charge in [0.1, 0.15) is 0 Å². The van der Waals surface area contributed by atoms with Crippen molar-refractivity contribution in [3.63, 3.8) is 0 Å². The smallest absolute Gasteiger partial charge is 0.243 e. The normalized spacial score (nSPS) is 10.7. The quantitative estimate of drug-likeness (QED) is 0.501. The molecule has 0 aliphatic carbocycles. The van der Waals surface area contributed by atoms with Crippen molar-refractivity contribution in [1.82, 2.24) is 10.2 Å². The first kappa shape index (κ1) is 18.1. The minimum atomic E-state index is -0.163. The highest BCUT2D eigenvalue weighted by Crippen LogP contribution is 2.09. The van der Waals surface area contributed by atoms with Gasteiger partial charge in [-0.3, -0.25) is 4.79 Å². The van der Waals surface area contributed by atoms with Crippen molar-refractivity contribution < 1.29 is 4.79 Å². The maximum Gasteiger partial charge on any atom is 0.243 e. The molecule has 0 bridgehead atoms. The fraction of sp³-hybridized carbons (Fsp3) is 0.200. The Morgan fingerprint density at radius 2 is 1.92 bits per heavy atom. The van der Waals surface area contributed by atoms with E-state index in [1.54, 1.807) is 12.1 Å². The van der Waals surface area contributed by atoms with Crippen molar-refractivity contribution in [3.05, 3.63) is 65.7 Å². The first-order valence-corrected chi connectivity index (χ1v) is 7.94. The lowest BCUT2D eigenvalue weighted by atomic mass is 10.2. The van der Waals surface area contributed by atoms with Crippen LogP contribution in [-0.2, 0) is 11.3 Å². The number of carbonyl (C=O) groups excluding carboxylic acids is 1. The van der Waals surface area contributed by atoms with Crippen molar-refractivity contribution in [1.29, 1.82) is 0 Å². The summed E-state index contributed by atoms with van der Waals surface area (Å²) in [5.41, 5.74) is 2.51. The second-order valence-electron chi connectivity index (χ2n) is 5.65. The SMILES string of the molecule is C#Cc1cccc(NC(=O)CNC(=NCc2ccccc2)N(C)C)c1. The number of hydrogen-bond donors (Lipinski definition) is 2. The Kier molecular flexibility index (Phi) is 6.61. The molecule has 0 radical (unpaired) electrons. The molecule has 2 aromatic rings. The molecule has 0 unspecified atom stereocenters. The van der Waals surface area contributed by atoms with Gasteiger partial charge in [0, 0.05) is 25.3 Å². The number of amides is 1. The molecular formula is C20H22N4O. The minimum Gasteiger partial charge on any atom is -0.349 e. The van der Waals surface area contributed by atoms with E-state index >= 15 is 0 Å². The molecular weight excluding hydrogens is 312 g/mol. The van der Waals surface area contributed by atoms with Gasteiger partial charge in [0.05, 0.1) is 13.1 Å². The first-order chi connectivity index (χ1) is 12.1. The number of guanidine groups is 1. The average Bonchev–Trinajstić information content (AvgIpc) is 2.62. The topological polar surface area (TPSA) is 56.7 Å². The number of aliphatic imine (C=N–C) groups is 1. The molecule has 0 saturated heterocycles. The van der Waals surface area contributed by atoms with Crippen LogP contribution in [0.5, 0.6) is 0 Å². The second-order valence-corrected chi connectivity index (χ2v) is 5.65. The van der Waals surface area contributed by atoms with Gasteiger partial charge in [-0.1, -0.05) is 42.3 Å². The van der Waals surface area contributed by atoms with Crippen LogP contribution in [0.25, 0.3) is 0 Å². The minimum absolute atomic E-state index is 0.117. The van der Waals surface area contributed by atoms with Crippen LogP contribution in [0.15, 0.2) is 59.6 Å². The highest BCUT2D eigenvalue weighted by atomic mass is 16.1. The van der Waals surface area contributed by atoms with E-state index in [1.807, 2.05) is 61.5 Å². The highest BCUT2D eigenvalue weighted by molar-refractivity contribution is 5.95. The van der Waals surface area contributed by atoms with Crippen molar-refractivity contribution in [2.75, 3.05) is 26.0 Å². The lowest BCUT2D eigenvalue weighted by Gasteiger charge is -2.17. The van der Waals surface area contributed by atoms with Gasteiger partial charge in [-0.25, -0.2) is 4.99 Å². The van der Waals surface area contributed by atoms with Gasteiger partial charge in [0.15, 0.2) is 5.96 Å². The number of benzene rings is 2. The summed E-state index contributed by atoms with van der Waals surface area (Å²) in [6, 6.07) is 17.1. The van der Waals surface area contributed by atoms with Gasteiger partial charge in [0.2, 0.25) is 5.91 Å². The van der Waals surface area contributed by atoms with E-state index in [2.05, 4.69) is 21.5 Å². The van der Waals surface area contributed by atoms with Gasteiger partial charge in [-0.15, -0.1) is 6.42 Å². The van der Waals surface area contributed by atoms with E-state index < -0.39 is 0 Å². The summed E-state index contributed by atoms with van der Waals surface area (Å²) in [4.78, 5) is 18.5. The van der Waals surface area contributed by atoms with Crippen LogP contribution in [-0.4, -0.2) is 37.4 Å². The van der Waals surface area contributed by atoms with Crippen LogP contribution >= 0.6 is 0 Å². The molecule has 128 valence electrons. The molecule has 0 aromatic heterocycles. The third-order valence-corrected chi connectivity index (χ3v) is 3.40. The number of anilines is 1. The molecule has 0 heterocycles. The maximum absolute atomic E-state index is 12.1. The van der Waals surface area contributed by atoms with E-state index in [9.17, 15) is 4.79 Å². The number of nitrogens with zero attached hydrogens (tertiary/aromatic N) is 2. The van der Waals surface area contributed by atoms with E-state index in [4.69, 9.17) is 6.42 Å². The lowest BCUT2D eigenvalue weighted by molar-refractivity contribution is -0.115. The zero-order valence-electron chi connectivity index (χ0n) is 14.5. The largest absolute Gasteiger partial charge is 0.349 e. The maximum atomic E-state index is 12.1. The van der Waals surface area contributed by atoms with Gasteiger partial charge in [-0.2, -0.15) is 0 Å². The summed E-state index contributed by atoms with van der Waals surface area (Å²) < 4.78 is 0. The summed E-state index contributed by atoms with van der Waals surface area (Å²) >= 11 is 0. The van der Waals surface area contributed by atoms with E-state index in [1.165, 1.54) is 0 Å². The molecule has 2 N–H and O–H groups in total. The highest BCUT2D eigenvalue weighted by Gasteiger charge is 2.06. The molecule has 5 nitrogen and oxygen atoms in total. The molecule has 0 spiro atoms. The van der Waals surface area contributed by atoms with Crippen molar-refractivity contribution in [2.45, 2.75) is 6.54 Å². The van der Waals surface area contributed by atoms with Crippen molar-refractivity contribution >= 4 is 17.6 Å². The Hall–Kier alpha value is -3.26. The Bertz CT molecular complexity index is 776. The number of terminal acetylenes is 1. The Morgan fingerprint density at radius 3 is 2.60 bits per heavy atom. The number of rotatable bonds is 5. The predicted octanol–water partition coefficient (Wildman–Crippen LogP) is 2.31. The molecule has 0 saturated carbocycles. The number of carbonyl (C=O) groups is 1. The fourth-order valence-corrected chi connectivity index (χ4v) is 2.16. The third kappa shape index (κ3) is 6.04. The van der Waals surface area contributed by atoms with Crippen LogP contribution in [0.3, 0.4) is 0 Å². The average molecular weight is 334 g/mol. The lowest BCUT2D eigenvalue weighted by Crippen LogP contribution is -2.40. The van der Waals surface area contributed by atoms with Crippen LogP contribution in [0.1, 0.15) is 11.1 Å². The molecule has 1 amide bonds. The monoisotopic (exact) mass is 334 g/mol. The van der Waals surface area contributed by atoms with Crippen LogP contribution in [0, 0.1) is 12.3 Å². The molecule has 2 aromatic carbocycles. The number of hydrogen-bond acceptors (Lipinski definition) is 2. The Morgan fingerprint density at radius 1 is 1.16 bits per heavy atom. The van der Waals surface area contributed by atoms with Gasteiger partial charge in [-0.05, 0) is 23.8 Å². The summed E-state index contributed by atoms with van der Waals surface area (Å²) in [5.74, 6) is 3.03. The van der Waals surface area contributed by atoms with E-state index in [0.29, 0.717) is 18.2 Å². The van der Waals surface area contributed by atoms with E-state index in [0.717, 1.165) is 11.1 Å². The molecule has 0 aliphatic rings. The molecule has 0 atom stereocenters. The van der Waals surface area contributed by atoms with Gasteiger partial charge < -0.3 is 15.5 Å². The number of nitrogens with one attached hydrogen (secondary N) is 2. The molecule has 2 rings (SSSR count). The second kappa shape index (κ2) is 9.14. The van der Waals surface area contributed by atoms with Gasteiger partial charge in [0.25, 0.3) is 0 Å². The van der Waals surface area contributed by atoms with Crippen LogP contribution in [0.4, 0.5) is 5.69 Å². The van der Waals surface area contributed by atoms with Gasteiger partial charge >= 0.3 is 0 Å². The van der Waals surface area contributed by atoms with Crippen LogP contribution < -0.4 is 10.6 Å². The summed E-state index contributed by atoms with van der Waals surface area (Å²) in [6.07, 6.45) is 5.37. The standard InChI is InChI=1S/C20H22N4O/c1-4-16-11-8-12-18(13-16)23-19(25)15-22-20(24(2)3)21-14-17-9-6-5-7-10-17/h1,5-13H,14-15H2,2-3H3,(H,21,22)(H,23,25). The molecule has 0 aliphatic heterocycles. The van der Waals surface area contributed by atoms with E-state index in [-0.39, 0.29) is 12.5 Å². The molecule has 25 heavy (non-hydrogen) atoms. The molecule has 0 fully saturated rings. The predicted molar refractivity (Wildman–Crippen MR) is 102 cm³/mol. The zero-order chi connectivity index (χ0) is 18.1.